The number of fused-ring (bicyclic) bond motifs is 1. The van der Waals surface area contributed by atoms with Gasteiger partial charge in [0.1, 0.15) is 5.82 Å². The molecule has 0 radical (unpaired) electrons. The van der Waals surface area contributed by atoms with Crippen molar-refractivity contribution in [3.8, 4) is 22.5 Å². The first-order valence-corrected chi connectivity index (χ1v) is 9.40. The van der Waals surface area contributed by atoms with Crippen molar-refractivity contribution in [2.24, 2.45) is 0 Å². The summed E-state index contributed by atoms with van der Waals surface area (Å²) in [5.74, 6) is -3.37. The lowest BCUT2D eigenvalue weighted by Gasteiger charge is -2.25. The van der Waals surface area contributed by atoms with Gasteiger partial charge < -0.3 is 15.4 Å². The van der Waals surface area contributed by atoms with E-state index in [2.05, 4.69) is 15.0 Å². The number of carbonyl (C=O) groups is 1. The smallest absolute Gasteiger partial charge is 0.336 e. The van der Waals surface area contributed by atoms with E-state index < -0.39 is 23.1 Å². The predicted octanol–water partition coefficient (Wildman–Crippen LogP) is 4.47. The third-order valence-electron chi connectivity index (χ3n) is 4.86. The second-order valence-electron chi connectivity index (χ2n) is 8.09. The van der Waals surface area contributed by atoms with Gasteiger partial charge in [-0.3, -0.25) is 0 Å². The van der Waals surface area contributed by atoms with Gasteiger partial charge in [-0.2, -0.15) is 0 Å². The lowest BCUT2D eigenvalue weighted by molar-refractivity contribution is 0.0697. The van der Waals surface area contributed by atoms with Gasteiger partial charge in [0.15, 0.2) is 11.6 Å². The summed E-state index contributed by atoms with van der Waals surface area (Å²) in [4.78, 5) is 24.3. The van der Waals surface area contributed by atoms with Crippen molar-refractivity contribution >= 4 is 23.0 Å². The molecule has 31 heavy (non-hydrogen) atoms. The Balaban J connectivity index is 2.01. The van der Waals surface area contributed by atoms with Crippen molar-refractivity contribution in [3.63, 3.8) is 0 Å². The second-order valence-corrected chi connectivity index (χ2v) is 8.09. The Labute approximate surface area is 176 Å². The van der Waals surface area contributed by atoms with Crippen LogP contribution in [0.1, 0.15) is 31.1 Å². The highest BCUT2D eigenvalue weighted by Gasteiger charge is 2.27. The van der Waals surface area contributed by atoms with Gasteiger partial charge in [-0.15, -0.1) is 0 Å². The molecule has 2 heterocycles. The van der Waals surface area contributed by atoms with Crippen LogP contribution in [0.25, 0.3) is 33.5 Å². The number of anilines is 1. The van der Waals surface area contributed by atoms with Gasteiger partial charge in [0.25, 0.3) is 0 Å². The molecule has 0 spiro atoms. The van der Waals surface area contributed by atoms with Crippen molar-refractivity contribution in [1.29, 1.82) is 0 Å². The Bertz CT molecular complexity index is 1320. The molecule has 0 fully saturated rings. The molecule has 0 unspecified atom stereocenters. The van der Waals surface area contributed by atoms with Crippen molar-refractivity contribution in [2.45, 2.75) is 26.3 Å². The van der Waals surface area contributed by atoms with E-state index in [4.69, 9.17) is 5.73 Å². The molecular formula is C22H19F2N5O2. The predicted molar refractivity (Wildman–Crippen MR) is 112 cm³/mol. The highest BCUT2D eigenvalue weighted by Crippen LogP contribution is 2.35. The second kappa shape index (κ2) is 7.12. The molecule has 7 nitrogen and oxygen atoms in total. The molecule has 0 aliphatic carbocycles. The maximum absolute atomic E-state index is 14.1. The molecule has 0 saturated heterocycles. The Morgan fingerprint density at radius 3 is 2.29 bits per heavy atom. The van der Waals surface area contributed by atoms with E-state index in [0.29, 0.717) is 17.1 Å². The minimum atomic E-state index is -1.37. The molecule has 2 aromatic heterocycles. The average Bonchev–Trinajstić information content (AvgIpc) is 3.09. The molecule has 4 rings (SSSR count). The van der Waals surface area contributed by atoms with Crippen molar-refractivity contribution in [3.05, 3.63) is 59.9 Å². The van der Waals surface area contributed by atoms with Crippen LogP contribution in [0.15, 0.2) is 42.7 Å². The third-order valence-corrected chi connectivity index (χ3v) is 4.86. The molecule has 0 saturated carbocycles. The number of rotatable bonds is 3. The van der Waals surface area contributed by atoms with E-state index in [0.717, 1.165) is 17.2 Å². The highest BCUT2D eigenvalue weighted by atomic mass is 19.2. The van der Waals surface area contributed by atoms with E-state index in [9.17, 15) is 18.7 Å². The highest BCUT2D eigenvalue weighted by molar-refractivity contribution is 5.96. The fraction of sp³-hybridized carbons (Fsp3) is 0.182. The number of aromatic carboxylic acids is 1. The van der Waals surface area contributed by atoms with Gasteiger partial charge in [0.2, 0.25) is 5.95 Å². The number of benzene rings is 2. The minimum Gasteiger partial charge on any atom is -0.478 e. The van der Waals surface area contributed by atoms with E-state index in [1.54, 1.807) is 18.5 Å². The maximum atomic E-state index is 14.1. The number of nitrogens with zero attached hydrogens (tertiary/aromatic N) is 4. The number of carboxylic acids is 1. The Hall–Kier alpha value is -3.88. The SMILES string of the molecule is CC(C)(C)n1c(-c2cc(F)c(F)cc2C(=O)O)nc2cc(-c3cnc(N)nc3)ccc21. The normalized spacial score (nSPS) is 11.8. The fourth-order valence-electron chi connectivity index (χ4n) is 3.52. The molecule has 0 aliphatic rings. The number of hydrogen-bond donors (Lipinski definition) is 2. The number of imidazole rings is 1. The summed E-state index contributed by atoms with van der Waals surface area (Å²) in [7, 11) is 0. The Morgan fingerprint density at radius 1 is 1.03 bits per heavy atom. The van der Waals surface area contributed by atoms with E-state index in [1.807, 2.05) is 37.5 Å². The zero-order valence-electron chi connectivity index (χ0n) is 17.0. The summed E-state index contributed by atoms with van der Waals surface area (Å²) in [5, 5.41) is 9.58. The first-order chi connectivity index (χ1) is 14.6. The topological polar surface area (TPSA) is 107 Å². The lowest BCUT2D eigenvalue weighted by atomic mass is 10.0. The van der Waals surface area contributed by atoms with Gasteiger partial charge in [-0.05, 0) is 50.6 Å². The largest absolute Gasteiger partial charge is 0.478 e. The van der Waals surface area contributed by atoms with E-state index in [-0.39, 0.29) is 22.9 Å². The Morgan fingerprint density at radius 2 is 1.68 bits per heavy atom. The van der Waals surface area contributed by atoms with Crippen LogP contribution < -0.4 is 5.73 Å². The number of nitrogens with two attached hydrogens (primary N) is 1. The third kappa shape index (κ3) is 3.58. The zero-order chi connectivity index (χ0) is 22.5. The van der Waals surface area contributed by atoms with Crippen LogP contribution in [0.2, 0.25) is 0 Å². The number of hydrogen-bond acceptors (Lipinski definition) is 5. The van der Waals surface area contributed by atoms with Crippen LogP contribution in [0.5, 0.6) is 0 Å². The van der Waals surface area contributed by atoms with Crippen LogP contribution >= 0.6 is 0 Å². The average molecular weight is 423 g/mol. The van der Waals surface area contributed by atoms with Crippen molar-refractivity contribution < 1.29 is 18.7 Å². The monoisotopic (exact) mass is 423 g/mol. The summed E-state index contributed by atoms with van der Waals surface area (Å²) >= 11 is 0. The van der Waals surface area contributed by atoms with Gasteiger partial charge in [-0.25, -0.2) is 28.5 Å². The minimum absolute atomic E-state index is 0.00473. The van der Waals surface area contributed by atoms with Gasteiger partial charge in [0, 0.05) is 29.1 Å². The lowest BCUT2D eigenvalue weighted by Crippen LogP contribution is -2.23. The molecule has 0 bridgehead atoms. The maximum Gasteiger partial charge on any atom is 0.336 e. The first-order valence-electron chi connectivity index (χ1n) is 9.40. The quantitative estimate of drug-likeness (QED) is 0.503. The molecule has 3 N–H and O–H groups in total. The Kier molecular flexibility index (Phi) is 4.68. The summed E-state index contributed by atoms with van der Waals surface area (Å²) in [6, 6.07) is 7.04. The first kappa shape index (κ1) is 20.4. The van der Waals surface area contributed by atoms with Crippen molar-refractivity contribution in [2.75, 3.05) is 5.73 Å². The van der Waals surface area contributed by atoms with Crippen LogP contribution in [0, 0.1) is 11.6 Å². The molecular weight excluding hydrogens is 404 g/mol. The van der Waals surface area contributed by atoms with Gasteiger partial charge in [0.05, 0.1) is 16.6 Å². The van der Waals surface area contributed by atoms with Crippen LogP contribution in [0.4, 0.5) is 14.7 Å². The van der Waals surface area contributed by atoms with Crippen LogP contribution in [-0.4, -0.2) is 30.6 Å². The molecule has 2 aromatic carbocycles. The van der Waals surface area contributed by atoms with Crippen LogP contribution in [-0.2, 0) is 5.54 Å². The summed E-state index contributed by atoms with van der Waals surface area (Å²) in [6.07, 6.45) is 3.17. The van der Waals surface area contributed by atoms with Gasteiger partial charge in [-0.1, -0.05) is 6.07 Å². The molecule has 0 amide bonds. The fourth-order valence-corrected chi connectivity index (χ4v) is 3.52. The number of halogens is 2. The van der Waals surface area contributed by atoms with Crippen LogP contribution in [0.3, 0.4) is 0 Å². The van der Waals surface area contributed by atoms with Gasteiger partial charge >= 0.3 is 5.97 Å². The molecule has 9 heteroatoms. The number of aromatic nitrogens is 4. The standard InChI is InChI=1S/C22H19F2N5O2/c1-22(2,3)29-18-5-4-11(12-9-26-21(25)27-10-12)6-17(18)28-19(29)13-7-15(23)16(24)8-14(13)20(30)31/h4-10H,1-3H3,(H,30,31)(H2,25,26,27). The molecule has 0 atom stereocenters. The summed E-state index contributed by atoms with van der Waals surface area (Å²) in [6.45, 7) is 5.75. The molecule has 158 valence electrons. The van der Waals surface area contributed by atoms with E-state index in [1.165, 1.54) is 0 Å². The van der Waals surface area contributed by atoms with Crippen molar-refractivity contribution in [1.82, 2.24) is 19.5 Å². The molecule has 0 aliphatic heterocycles. The molecule has 4 aromatic rings. The number of nitrogen functional groups attached to an aromatic ring is 1. The summed E-state index contributed by atoms with van der Waals surface area (Å²) < 4.78 is 29.6. The van der Waals surface area contributed by atoms with E-state index >= 15 is 0 Å². The zero-order valence-corrected chi connectivity index (χ0v) is 17.0. The summed E-state index contributed by atoms with van der Waals surface area (Å²) in [5.41, 5.74) is 7.42. The number of carboxylic acid groups (broad SMARTS) is 1.